The largest absolute Gasteiger partial charge is 0.399 e. The molecular weight excluding hydrogens is 319 g/mol. The normalized spacial score (nSPS) is 19.1. The molecule has 1 saturated heterocycles. The van der Waals surface area contributed by atoms with Crippen molar-refractivity contribution in [1.29, 1.82) is 0 Å². The first-order chi connectivity index (χ1) is 12.2. The van der Waals surface area contributed by atoms with E-state index in [-0.39, 0.29) is 5.82 Å². The summed E-state index contributed by atoms with van der Waals surface area (Å²) in [5.74, 6) is 0.760. The van der Waals surface area contributed by atoms with Crippen LogP contribution in [0, 0.1) is 5.82 Å². The minimum Gasteiger partial charge on any atom is -0.399 e. The lowest BCUT2D eigenvalue weighted by molar-refractivity contribution is 0.197. The van der Waals surface area contributed by atoms with Crippen molar-refractivity contribution >= 4 is 11.5 Å². The fourth-order valence-corrected chi connectivity index (χ4v) is 3.10. The van der Waals surface area contributed by atoms with E-state index in [2.05, 4.69) is 26.9 Å². The van der Waals surface area contributed by atoms with Gasteiger partial charge in [-0.15, -0.1) is 0 Å². The van der Waals surface area contributed by atoms with Gasteiger partial charge in [0.25, 0.3) is 0 Å². The molecule has 6 heteroatoms. The Kier molecular flexibility index (Phi) is 5.60. The van der Waals surface area contributed by atoms with Crippen LogP contribution in [0.15, 0.2) is 53.8 Å². The van der Waals surface area contributed by atoms with Gasteiger partial charge in [0, 0.05) is 44.0 Å². The standard InChI is InChI=1S/C19H23FN4O/c1-15-13-24(19-5-3-4-10-21-19)12-11-23(15)14-18(22-25-2)16-6-8-17(20)9-7-16/h3-10,15H,11-14H2,1-2H3/b22-18+/t15-/m0/s1. The van der Waals surface area contributed by atoms with E-state index in [4.69, 9.17) is 4.84 Å². The molecule has 1 aliphatic heterocycles. The third-order valence-corrected chi connectivity index (χ3v) is 4.47. The minimum absolute atomic E-state index is 0.252. The van der Waals surface area contributed by atoms with E-state index in [0.717, 1.165) is 36.7 Å². The average Bonchev–Trinajstić information content (AvgIpc) is 2.64. The average molecular weight is 342 g/mol. The Hall–Kier alpha value is -2.47. The summed E-state index contributed by atoms with van der Waals surface area (Å²) in [4.78, 5) is 14.1. The second-order valence-corrected chi connectivity index (χ2v) is 6.18. The smallest absolute Gasteiger partial charge is 0.128 e. The monoisotopic (exact) mass is 342 g/mol. The van der Waals surface area contributed by atoms with Crippen molar-refractivity contribution in [3.8, 4) is 0 Å². The number of hydrogen-bond donors (Lipinski definition) is 0. The number of anilines is 1. The Morgan fingerprint density at radius 3 is 2.68 bits per heavy atom. The molecule has 2 aromatic rings. The fraction of sp³-hybridized carbons (Fsp3) is 0.368. The maximum Gasteiger partial charge on any atom is 0.128 e. The van der Waals surface area contributed by atoms with Crippen LogP contribution in [-0.4, -0.2) is 54.9 Å². The number of oxime groups is 1. The van der Waals surface area contributed by atoms with Crippen LogP contribution in [0.5, 0.6) is 0 Å². The fourth-order valence-electron chi connectivity index (χ4n) is 3.10. The summed E-state index contributed by atoms with van der Waals surface area (Å²) in [7, 11) is 1.53. The highest BCUT2D eigenvalue weighted by Gasteiger charge is 2.25. The van der Waals surface area contributed by atoms with Gasteiger partial charge in [0.2, 0.25) is 0 Å². The number of nitrogens with zero attached hydrogens (tertiary/aromatic N) is 4. The van der Waals surface area contributed by atoms with Crippen molar-refractivity contribution in [2.75, 3.05) is 38.2 Å². The van der Waals surface area contributed by atoms with E-state index in [1.807, 2.05) is 24.4 Å². The molecule has 0 bridgehead atoms. The number of aromatic nitrogens is 1. The maximum atomic E-state index is 13.2. The first-order valence-electron chi connectivity index (χ1n) is 8.43. The highest BCUT2D eigenvalue weighted by Crippen LogP contribution is 2.17. The van der Waals surface area contributed by atoms with Crippen LogP contribution in [0.3, 0.4) is 0 Å². The summed E-state index contributed by atoms with van der Waals surface area (Å²) in [5.41, 5.74) is 1.68. The Labute approximate surface area is 147 Å². The molecule has 1 aromatic carbocycles. The van der Waals surface area contributed by atoms with Gasteiger partial charge in [-0.25, -0.2) is 9.37 Å². The van der Waals surface area contributed by atoms with Crippen molar-refractivity contribution in [1.82, 2.24) is 9.88 Å². The van der Waals surface area contributed by atoms with Crippen LogP contribution in [0.4, 0.5) is 10.2 Å². The Balaban J connectivity index is 1.68. The van der Waals surface area contributed by atoms with E-state index in [9.17, 15) is 4.39 Å². The molecule has 0 aliphatic carbocycles. The molecule has 0 spiro atoms. The summed E-state index contributed by atoms with van der Waals surface area (Å²) in [6.07, 6.45) is 1.82. The van der Waals surface area contributed by atoms with Gasteiger partial charge in [-0.1, -0.05) is 23.4 Å². The van der Waals surface area contributed by atoms with Crippen molar-refractivity contribution in [3.63, 3.8) is 0 Å². The van der Waals surface area contributed by atoms with Crippen LogP contribution in [0.2, 0.25) is 0 Å². The Bertz CT molecular complexity index is 705. The first kappa shape index (κ1) is 17.4. The summed E-state index contributed by atoms with van der Waals surface area (Å²) >= 11 is 0. The van der Waals surface area contributed by atoms with Gasteiger partial charge in [-0.2, -0.15) is 0 Å². The summed E-state index contributed by atoms with van der Waals surface area (Å²) in [5, 5.41) is 4.16. The quantitative estimate of drug-likeness (QED) is 0.619. The number of rotatable bonds is 5. The molecule has 2 heterocycles. The van der Waals surface area contributed by atoms with Crippen LogP contribution in [0.25, 0.3) is 0 Å². The molecule has 25 heavy (non-hydrogen) atoms. The van der Waals surface area contributed by atoms with Gasteiger partial charge >= 0.3 is 0 Å². The minimum atomic E-state index is -0.252. The first-order valence-corrected chi connectivity index (χ1v) is 8.43. The second-order valence-electron chi connectivity index (χ2n) is 6.18. The van der Waals surface area contributed by atoms with E-state index >= 15 is 0 Å². The molecule has 0 N–H and O–H groups in total. The van der Waals surface area contributed by atoms with Gasteiger partial charge in [0.15, 0.2) is 0 Å². The zero-order chi connectivity index (χ0) is 17.6. The van der Waals surface area contributed by atoms with E-state index in [0.29, 0.717) is 12.6 Å². The lowest BCUT2D eigenvalue weighted by Crippen LogP contribution is -2.53. The topological polar surface area (TPSA) is 41.0 Å². The number of pyridine rings is 1. The molecule has 0 saturated carbocycles. The van der Waals surface area contributed by atoms with Gasteiger partial charge in [-0.05, 0) is 31.2 Å². The predicted molar refractivity (Wildman–Crippen MR) is 97.4 cm³/mol. The third kappa shape index (κ3) is 4.33. The predicted octanol–water partition coefficient (Wildman–Crippen LogP) is 2.78. The van der Waals surface area contributed by atoms with E-state index < -0.39 is 0 Å². The zero-order valence-corrected chi connectivity index (χ0v) is 14.6. The number of piperazine rings is 1. The Morgan fingerprint density at radius 2 is 2.04 bits per heavy atom. The molecule has 0 amide bonds. The van der Waals surface area contributed by atoms with Crippen molar-refractivity contribution in [2.45, 2.75) is 13.0 Å². The maximum absolute atomic E-state index is 13.2. The Morgan fingerprint density at radius 1 is 1.24 bits per heavy atom. The summed E-state index contributed by atoms with van der Waals surface area (Å²) in [6, 6.07) is 12.7. The number of benzene rings is 1. The van der Waals surface area contributed by atoms with Gasteiger partial charge in [0.05, 0.1) is 0 Å². The van der Waals surface area contributed by atoms with Gasteiger partial charge in [0.1, 0.15) is 24.5 Å². The van der Waals surface area contributed by atoms with Crippen LogP contribution < -0.4 is 4.90 Å². The van der Waals surface area contributed by atoms with E-state index in [1.54, 1.807) is 12.1 Å². The van der Waals surface area contributed by atoms with E-state index in [1.165, 1.54) is 19.2 Å². The van der Waals surface area contributed by atoms with Crippen molar-refractivity contribution in [3.05, 3.63) is 60.0 Å². The van der Waals surface area contributed by atoms with Gasteiger partial charge in [-0.3, -0.25) is 4.90 Å². The summed E-state index contributed by atoms with van der Waals surface area (Å²) in [6.45, 7) is 5.58. The molecule has 0 radical (unpaired) electrons. The van der Waals surface area contributed by atoms with Crippen molar-refractivity contribution in [2.24, 2.45) is 5.16 Å². The number of halogens is 1. The zero-order valence-electron chi connectivity index (χ0n) is 14.6. The second kappa shape index (κ2) is 8.07. The third-order valence-electron chi connectivity index (χ3n) is 4.47. The molecule has 3 rings (SSSR count). The highest BCUT2D eigenvalue weighted by atomic mass is 19.1. The van der Waals surface area contributed by atoms with Crippen molar-refractivity contribution < 1.29 is 9.23 Å². The van der Waals surface area contributed by atoms with Crippen LogP contribution in [0.1, 0.15) is 12.5 Å². The number of hydrogen-bond acceptors (Lipinski definition) is 5. The highest BCUT2D eigenvalue weighted by molar-refractivity contribution is 6.01. The molecule has 0 unspecified atom stereocenters. The lowest BCUT2D eigenvalue weighted by Gasteiger charge is -2.40. The molecule has 1 aliphatic rings. The van der Waals surface area contributed by atoms with Gasteiger partial charge < -0.3 is 9.74 Å². The molecule has 1 atom stereocenters. The molecule has 1 aromatic heterocycles. The SMILES string of the molecule is CO/N=C(\CN1CCN(c2ccccn2)C[C@@H]1C)c1ccc(F)cc1. The van der Waals surface area contributed by atoms with Crippen LogP contribution in [-0.2, 0) is 4.84 Å². The summed E-state index contributed by atoms with van der Waals surface area (Å²) < 4.78 is 13.2. The molecule has 132 valence electrons. The lowest BCUT2D eigenvalue weighted by atomic mass is 10.1. The molecular formula is C19H23FN4O. The van der Waals surface area contributed by atoms with Crippen LogP contribution >= 0.6 is 0 Å². The molecule has 1 fully saturated rings. The molecule has 5 nitrogen and oxygen atoms in total.